The topological polar surface area (TPSA) is 99.6 Å². The Hall–Kier alpha value is -2.44. The monoisotopic (exact) mass is 317 g/mol. The van der Waals surface area contributed by atoms with Gasteiger partial charge >= 0.3 is 5.97 Å². The van der Waals surface area contributed by atoms with Crippen LogP contribution in [0.3, 0.4) is 0 Å². The zero-order valence-corrected chi connectivity index (χ0v) is 12.7. The summed E-state index contributed by atoms with van der Waals surface area (Å²) in [7, 11) is 0. The highest BCUT2D eigenvalue weighted by Gasteiger charge is 2.35. The number of nitrogens with one attached hydrogen (secondary N) is 1. The van der Waals surface area contributed by atoms with Gasteiger partial charge in [0.25, 0.3) is 5.91 Å². The summed E-state index contributed by atoms with van der Waals surface area (Å²) in [5, 5.41) is 11.8. The van der Waals surface area contributed by atoms with Crippen molar-refractivity contribution in [3.63, 3.8) is 0 Å². The predicted octanol–water partition coefficient (Wildman–Crippen LogP) is 0.911. The number of hydrogen-bond acceptors (Lipinski definition) is 4. The summed E-state index contributed by atoms with van der Waals surface area (Å²) in [5.41, 5.74) is 0.136. The molecule has 2 aliphatic rings. The largest absolute Gasteiger partial charge is 0.477 e. The number of nitrogens with zero attached hydrogens (tertiary/aromatic N) is 2. The molecule has 0 spiro atoms. The molecule has 0 atom stereocenters. The number of aromatic carboxylic acids is 1. The molecule has 0 radical (unpaired) electrons. The first kappa shape index (κ1) is 15.5. The highest BCUT2D eigenvalue weighted by Crippen LogP contribution is 2.31. The van der Waals surface area contributed by atoms with Gasteiger partial charge in [-0.3, -0.25) is 9.59 Å². The van der Waals surface area contributed by atoms with Crippen LogP contribution in [0.4, 0.5) is 0 Å². The lowest BCUT2D eigenvalue weighted by atomic mass is 10.0. The van der Waals surface area contributed by atoms with E-state index < -0.39 is 5.97 Å². The van der Waals surface area contributed by atoms with E-state index in [2.05, 4.69) is 10.3 Å². The summed E-state index contributed by atoms with van der Waals surface area (Å²) in [5.74, 6) is -0.990. The Labute approximate surface area is 133 Å². The van der Waals surface area contributed by atoms with Gasteiger partial charge in [-0.15, -0.1) is 0 Å². The van der Waals surface area contributed by atoms with Crippen LogP contribution < -0.4 is 5.32 Å². The number of piperidine rings is 1. The summed E-state index contributed by atoms with van der Waals surface area (Å²) >= 11 is 0. The minimum atomic E-state index is -1.16. The molecule has 1 aromatic rings. The van der Waals surface area contributed by atoms with E-state index in [1.54, 1.807) is 0 Å². The van der Waals surface area contributed by atoms with Crippen LogP contribution in [-0.4, -0.2) is 51.9 Å². The number of carboxylic acids is 1. The molecular weight excluding hydrogens is 298 g/mol. The Morgan fingerprint density at radius 1 is 1.17 bits per heavy atom. The molecule has 1 saturated carbocycles. The molecule has 1 saturated heterocycles. The number of carboxylic acid groups (broad SMARTS) is 1. The Morgan fingerprint density at radius 2 is 1.87 bits per heavy atom. The number of rotatable bonds is 4. The van der Waals surface area contributed by atoms with E-state index in [-0.39, 0.29) is 35.0 Å². The highest BCUT2D eigenvalue weighted by molar-refractivity contribution is 5.96. The first-order valence-corrected chi connectivity index (χ1v) is 7.83. The maximum Gasteiger partial charge on any atom is 0.354 e. The Morgan fingerprint density at radius 3 is 2.48 bits per heavy atom. The molecule has 3 rings (SSSR count). The van der Waals surface area contributed by atoms with Crippen molar-refractivity contribution < 1.29 is 19.5 Å². The van der Waals surface area contributed by atoms with Crippen molar-refractivity contribution in [3.8, 4) is 0 Å². The average Bonchev–Trinajstić information content (AvgIpc) is 3.40. The van der Waals surface area contributed by atoms with Gasteiger partial charge in [-0.25, -0.2) is 9.78 Å². The molecule has 0 aromatic carbocycles. The first-order chi connectivity index (χ1) is 11.0. The molecule has 2 N–H and O–H groups in total. The van der Waals surface area contributed by atoms with Crippen molar-refractivity contribution in [2.24, 2.45) is 5.92 Å². The second kappa shape index (κ2) is 6.36. The SMILES string of the molecule is O=C(NC1CCN(C(=O)C2CC2)CC1)c1ccnc(C(=O)O)c1. The van der Waals surface area contributed by atoms with Crippen LogP contribution in [0, 0.1) is 5.92 Å². The van der Waals surface area contributed by atoms with Gasteiger partial charge in [0.15, 0.2) is 0 Å². The fourth-order valence-corrected chi connectivity index (χ4v) is 2.79. The van der Waals surface area contributed by atoms with Gasteiger partial charge in [0.2, 0.25) is 5.91 Å². The lowest BCUT2D eigenvalue weighted by Crippen LogP contribution is -2.47. The molecule has 2 amide bonds. The average molecular weight is 317 g/mol. The highest BCUT2D eigenvalue weighted by atomic mass is 16.4. The van der Waals surface area contributed by atoms with Crippen molar-refractivity contribution in [1.82, 2.24) is 15.2 Å². The second-order valence-electron chi connectivity index (χ2n) is 6.08. The second-order valence-corrected chi connectivity index (χ2v) is 6.08. The molecule has 7 nitrogen and oxygen atoms in total. The van der Waals surface area contributed by atoms with Gasteiger partial charge in [0.1, 0.15) is 5.69 Å². The van der Waals surface area contributed by atoms with Crippen molar-refractivity contribution in [2.45, 2.75) is 31.7 Å². The number of hydrogen-bond donors (Lipinski definition) is 2. The third-order valence-corrected chi connectivity index (χ3v) is 4.31. The maximum atomic E-state index is 12.2. The fourth-order valence-electron chi connectivity index (χ4n) is 2.79. The van der Waals surface area contributed by atoms with Gasteiger partial charge in [-0.1, -0.05) is 0 Å². The van der Waals surface area contributed by atoms with E-state index in [9.17, 15) is 14.4 Å². The van der Waals surface area contributed by atoms with Gasteiger partial charge in [-0.2, -0.15) is 0 Å². The number of likely N-dealkylation sites (tertiary alicyclic amines) is 1. The summed E-state index contributed by atoms with van der Waals surface area (Å²) in [4.78, 5) is 40.7. The molecule has 7 heteroatoms. The van der Waals surface area contributed by atoms with E-state index in [4.69, 9.17) is 5.11 Å². The molecule has 1 aliphatic carbocycles. The lowest BCUT2D eigenvalue weighted by Gasteiger charge is -2.32. The smallest absolute Gasteiger partial charge is 0.354 e. The molecule has 1 aliphatic heterocycles. The Bertz CT molecular complexity index is 634. The molecule has 2 heterocycles. The van der Waals surface area contributed by atoms with E-state index in [1.165, 1.54) is 18.3 Å². The minimum absolute atomic E-state index is 0.00666. The Kier molecular flexibility index (Phi) is 4.27. The van der Waals surface area contributed by atoms with Gasteiger partial charge in [-0.05, 0) is 37.8 Å². The predicted molar refractivity (Wildman–Crippen MR) is 81.0 cm³/mol. The maximum absolute atomic E-state index is 12.2. The van der Waals surface area contributed by atoms with Crippen LogP contribution in [0.5, 0.6) is 0 Å². The lowest BCUT2D eigenvalue weighted by molar-refractivity contribution is -0.133. The van der Waals surface area contributed by atoms with Gasteiger partial charge < -0.3 is 15.3 Å². The first-order valence-electron chi connectivity index (χ1n) is 7.83. The molecule has 122 valence electrons. The van der Waals surface area contributed by atoms with Crippen molar-refractivity contribution >= 4 is 17.8 Å². The van der Waals surface area contributed by atoms with Crippen LogP contribution in [-0.2, 0) is 4.79 Å². The van der Waals surface area contributed by atoms with E-state index in [0.29, 0.717) is 13.1 Å². The fraction of sp³-hybridized carbons (Fsp3) is 0.500. The van der Waals surface area contributed by atoms with Crippen molar-refractivity contribution in [1.29, 1.82) is 0 Å². The third kappa shape index (κ3) is 3.67. The molecule has 23 heavy (non-hydrogen) atoms. The van der Waals surface area contributed by atoms with Crippen LogP contribution >= 0.6 is 0 Å². The summed E-state index contributed by atoms with van der Waals surface area (Å²) in [6.07, 6.45) is 4.77. The third-order valence-electron chi connectivity index (χ3n) is 4.31. The molecular formula is C16H19N3O4. The zero-order chi connectivity index (χ0) is 16.4. The quantitative estimate of drug-likeness (QED) is 0.860. The van der Waals surface area contributed by atoms with E-state index in [1.807, 2.05) is 4.90 Å². The van der Waals surface area contributed by atoms with Crippen molar-refractivity contribution in [3.05, 3.63) is 29.6 Å². The minimum Gasteiger partial charge on any atom is -0.477 e. The molecule has 1 aromatic heterocycles. The standard InChI is InChI=1S/C16H19N3O4/c20-14(11-3-6-17-13(9-11)16(22)23)18-12-4-7-19(8-5-12)15(21)10-1-2-10/h3,6,9-10,12H,1-2,4-5,7-8H2,(H,18,20)(H,22,23). The number of carbonyl (C=O) groups is 3. The normalized spacial score (nSPS) is 18.5. The van der Waals surface area contributed by atoms with Gasteiger partial charge in [0, 0.05) is 36.8 Å². The Balaban J connectivity index is 1.53. The van der Waals surface area contributed by atoms with Crippen molar-refractivity contribution in [2.75, 3.05) is 13.1 Å². The summed E-state index contributed by atoms with van der Waals surface area (Å²) in [6.45, 7) is 1.33. The molecule has 2 fully saturated rings. The number of carbonyl (C=O) groups excluding carboxylic acids is 2. The number of pyridine rings is 1. The summed E-state index contributed by atoms with van der Waals surface area (Å²) < 4.78 is 0. The van der Waals surface area contributed by atoms with E-state index in [0.717, 1.165) is 25.7 Å². The summed E-state index contributed by atoms with van der Waals surface area (Å²) in [6, 6.07) is 2.77. The molecule has 0 unspecified atom stereocenters. The van der Waals surface area contributed by atoms with Crippen LogP contribution in [0.15, 0.2) is 18.3 Å². The van der Waals surface area contributed by atoms with Gasteiger partial charge in [0.05, 0.1) is 0 Å². The van der Waals surface area contributed by atoms with E-state index >= 15 is 0 Å². The number of aromatic nitrogens is 1. The number of amides is 2. The van der Waals surface area contributed by atoms with Crippen LogP contribution in [0.25, 0.3) is 0 Å². The van der Waals surface area contributed by atoms with Crippen LogP contribution in [0.1, 0.15) is 46.5 Å². The van der Waals surface area contributed by atoms with Crippen LogP contribution in [0.2, 0.25) is 0 Å². The molecule has 0 bridgehead atoms. The zero-order valence-electron chi connectivity index (χ0n) is 12.7.